The first-order valence-corrected chi connectivity index (χ1v) is 7.91. The van der Waals surface area contributed by atoms with E-state index in [1.807, 2.05) is 6.07 Å². The molecule has 0 aliphatic heterocycles. The van der Waals surface area contributed by atoms with Crippen LogP contribution < -0.4 is 5.32 Å². The molecule has 0 fully saturated rings. The molecule has 2 heterocycles. The summed E-state index contributed by atoms with van der Waals surface area (Å²) in [5, 5.41) is 21.8. The highest BCUT2D eigenvalue weighted by atomic mass is 16.3. The van der Waals surface area contributed by atoms with Crippen LogP contribution in [0.5, 0.6) is 0 Å². The Morgan fingerprint density at radius 3 is 2.68 bits per heavy atom. The number of aromatic nitrogens is 4. The summed E-state index contributed by atoms with van der Waals surface area (Å²) in [4.78, 5) is 24.9. The Morgan fingerprint density at radius 2 is 2.00 bits per heavy atom. The number of hydrogen-bond donors (Lipinski definition) is 3. The summed E-state index contributed by atoms with van der Waals surface area (Å²) in [6, 6.07) is 8.82. The number of nitrogens with one attached hydrogen (secondary N) is 1. The summed E-state index contributed by atoms with van der Waals surface area (Å²) in [7, 11) is 0. The van der Waals surface area contributed by atoms with Crippen LogP contribution >= 0.6 is 0 Å². The van der Waals surface area contributed by atoms with E-state index >= 15 is 0 Å². The summed E-state index contributed by atoms with van der Waals surface area (Å²) < 4.78 is 1.72. The van der Waals surface area contributed by atoms with Crippen LogP contribution in [0.4, 0.5) is 5.82 Å². The molecule has 0 spiro atoms. The van der Waals surface area contributed by atoms with Gasteiger partial charge in [0.2, 0.25) is 0 Å². The minimum Gasteiger partial charge on any atom is -0.396 e. The number of nitrogens with zero attached hydrogens (tertiary/aromatic N) is 4. The molecule has 8 nitrogen and oxygen atoms in total. The number of benzene rings is 1. The fraction of sp³-hybridized carbons (Fsp3) is 0.294. The second kappa shape index (κ2) is 7.37. The molecule has 3 aromatic rings. The minimum absolute atomic E-state index is 0.153. The van der Waals surface area contributed by atoms with Gasteiger partial charge in [0.15, 0.2) is 17.0 Å². The molecule has 3 N–H and O–H groups in total. The zero-order valence-corrected chi connectivity index (χ0v) is 13.7. The van der Waals surface area contributed by atoms with E-state index in [1.165, 1.54) is 6.33 Å². The Hall–Kier alpha value is -2.84. The number of hydrogen-bond acceptors (Lipinski definition) is 6. The summed E-state index contributed by atoms with van der Waals surface area (Å²) in [6.45, 7) is 1.83. The van der Waals surface area contributed by atoms with Crippen LogP contribution in [0, 0.1) is 5.92 Å². The first-order valence-electron chi connectivity index (χ1n) is 7.91. The lowest BCUT2D eigenvalue weighted by atomic mass is 10.1. The monoisotopic (exact) mass is 341 g/mol. The second-order valence-corrected chi connectivity index (χ2v) is 5.79. The van der Waals surface area contributed by atoms with E-state index in [-0.39, 0.29) is 18.4 Å². The largest absolute Gasteiger partial charge is 0.396 e. The van der Waals surface area contributed by atoms with E-state index < -0.39 is 6.10 Å². The Morgan fingerprint density at radius 1 is 1.24 bits per heavy atom. The van der Waals surface area contributed by atoms with Gasteiger partial charge in [-0.1, -0.05) is 18.2 Å². The molecule has 1 amide bonds. The van der Waals surface area contributed by atoms with E-state index in [1.54, 1.807) is 42.1 Å². The van der Waals surface area contributed by atoms with Crippen LogP contribution in [0.15, 0.2) is 43.0 Å². The van der Waals surface area contributed by atoms with Crippen molar-refractivity contribution in [1.82, 2.24) is 19.5 Å². The van der Waals surface area contributed by atoms with Crippen LogP contribution in [-0.2, 0) is 6.54 Å². The van der Waals surface area contributed by atoms with E-state index in [0.29, 0.717) is 29.1 Å². The molecule has 8 heteroatoms. The highest BCUT2D eigenvalue weighted by Gasteiger charge is 2.18. The van der Waals surface area contributed by atoms with Crippen molar-refractivity contribution in [2.75, 3.05) is 11.9 Å². The van der Waals surface area contributed by atoms with Crippen molar-refractivity contribution in [2.45, 2.75) is 19.6 Å². The van der Waals surface area contributed by atoms with E-state index in [4.69, 9.17) is 0 Å². The maximum absolute atomic E-state index is 12.3. The predicted molar refractivity (Wildman–Crippen MR) is 92.0 cm³/mol. The number of amides is 1. The first kappa shape index (κ1) is 17.0. The zero-order valence-electron chi connectivity index (χ0n) is 13.7. The van der Waals surface area contributed by atoms with Crippen LogP contribution in [0.3, 0.4) is 0 Å². The molecule has 1 aromatic carbocycles. The summed E-state index contributed by atoms with van der Waals surface area (Å²) >= 11 is 0. The van der Waals surface area contributed by atoms with Gasteiger partial charge >= 0.3 is 0 Å². The second-order valence-electron chi connectivity index (χ2n) is 5.79. The highest BCUT2D eigenvalue weighted by molar-refractivity contribution is 6.06. The van der Waals surface area contributed by atoms with Crippen molar-refractivity contribution in [3.63, 3.8) is 0 Å². The average Bonchev–Trinajstić information content (AvgIpc) is 3.04. The van der Waals surface area contributed by atoms with Crippen LogP contribution in [-0.4, -0.2) is 48.4 Å². The molecule has 3 rings (SSSR count). The quantitative estimate of drug-likeness (QED) is 0.618. The Labute approximate surface area is 144 Å². The summed E-state index contributed by atoms with van der Waals surface area (Å²) in [5.74, 6) is -0.308. The third kappa shape index (κ3) is 3.65. The molecule has 0 saturated heterocycles. The molecule has 2 atom stereocenters. The van der Waals surface area contributed by atoms with Crippen molar-refractivity contribution in [2.24, 2.45) is 5.92 Å². The van der Waals surface area contributed by atoms with Crippen molar-refractivity contribution in [3.8, 4) is 0 Å². The molecule has 0 saturated carbocycles. The normalized spacial score (nSPS) is 13.6. The number of carbonyl (C=O) groups is 1. The van der Waals surface area contributed by atoms with Crippen molar-refractivity contribution >= 4 is 22.9 Å². The van der Waals surface area contributed by atoms with Gasteiger partial charge in [0, 0.05) is 18.0 Å². The van der Waals surface area contributed by atoms with E-state index in [2.05, 4.69) is 20.3 Å². The van der Waals surface area contributed by atoms with Gasteiger partial charge in [-0.15, -0.1) is 0 Å². The molecule has 25 heavy (non-hydrogen) atoms. The van der Waals surface area contributed by atoms with Gasteiger partial charge in [-0.25, -0.2) is 15.0 Å². The number of aliphatic hydroxyl groups is 2. The Bertz CT molecular complexity index is 863. The van der Waals surface area contributed by atoms with Crippen molar-refractivity contribution < 1.29 is 15.0 Å². The lowest BCUT2D eigenvalue weighted by Gasteiger charge is -2.17. The van der Waals surface area contributed by atoms with Gasteiger partial charge < -0.3 is 20.1 Å². The smallest absolute Gasteiger partial charge is 0.256 e. The van der Waals surface area contributed by atoms with Gasteiger partial charge in [-0.3, -0.25) is 4.79 Å². The number of anilines is 1. The Balaban J connectivity index is 1.87. The molecule has 0 bridgehead atoms. The lowest BCUT2D eigenvalue weighted by Crippen LogP contribution is -2.25. The molecule has 0 radical (unpaired) electrons. The molecule has 0 unspecified atom stereocenters. The van der Waals surface area contributed by atoms with Gasteiger partial charge in [0.05, 0.1) is 19.0 Å². The van der Waals surface area contributed by atoms with Gasteiger partial charge in [-0.05, 0) is 19.1 Å². The number of rotatable bonds is 6. The number of fused-ring (bicyclic) bond motifs is 1. The standard InChI is InChI=1S/C17H19N5O3/c1-11(24)13(8-23)7-22-10-20-14-15(18-9-19-16(14)22)21-17(25)12-5-3-2-4-6-12/h2-6,9-11,13,23-24H,7-8H2,1H3,(H,18,19,21,25)/t11-,13+/m1/s1. The lowest BCUT2D eigenvalue weighted by molar-refractivity contribution is 0.0711. The van der Waals surface area contributed by atoms with Crippen LogP contribution in [0.1, 0.15) is 17.3 Å². The maximum atomic E-state index is 12.3. The molecule has 0 aliphatic carbocycles. The number of imidazole rings is 1. The number of carbonyl (C=O) groups excluding carboxylic acids is 1. The summed E-state index contributed by atoms with van der Waals surface area (Å²) in [5.41, 5.74) is 1.50. The topological polar surface area (TPSA) is 113 Å². The van der Waals surface area contributed by atoms with Crippen LogP contribution in [0.25, 0.3) is 11.2 Å². The fourth-order valence-corrected chi connectivity index (χ4v) is 2.49. The van der Waals surface area contributed by atoms with E-state index in [0.717, 1.165) is 0 Å². The van der Waals surface area contributed by atoms with Crippen LogP contribution in [0.2, 0.25) is 0 Å². The summed E-state index contributed by atoms with van der Waals surface area (Å²) in [6.07, 6.45) is 2.24. The van der Waals surface area contributed by atoms with E-state index in [9.17, 15) is 15.0 Å². The Kier molecular flexibility index (Phi) is 5.01. The average molecular weight is 341 g/mol. The highest BCUT2D eigenvalue weighted by Crippen LogP contribution is 2.19. The van der Waals surface area contributed by atoms with Gasteiger partial charge in [-0.2, -0.15) is 0 Å². The predicted octanol–water partition coefficient (Wildman–Crippen LogP) is 1.07. The van der Waals surface area contributed by atoms with Crippen molar-refractivity contribution in [3.05, 3.63) is 48.5 Å². The molecule has 130 valence electrons. The SMILES string of the molecule is C[C@@H](O)[C@H](CO)Cn1cnc2c(NC(=O)c3ccccc3)ncnc21. The fourth-order valence-electron chi connectivity index (χ4n) is 2.49. The number of aliphatic hydroxyl groups excluding tert-OH is 2. The van der Waals surface area contributed by atoms with Gasteiger partial charge in [0.25, 0.3) is 5.91 Å². The third-order valence-corrected chi connectivity index (χ3v) is 4.02. The first-order chi connectivity index (χ1) is 12.1. The molecule has 2 aromatic heterocycles. The maximum Gasteiger partial charge on any atom is 0.256 e. The third-order valence-electron chi connectivity index (χ3n) is 4.02. The zero-order chi connectivity index (χ0) is 17.8. The van der Waals surface area contributed by atoms with Gasteiger partial charge in [0.1, 0.15) is 6.33 Å². The molecule has 0 aliphatic rings. The van der Waals surface area contributed by atoms with Crippen molar-refractivity contribution in [1.29, 1.82) is 0 Å². The minimum atomic E-state index is -0.665. The molecular formula is C17H19N5O3. The molecular weight excluding hydrogens is 322 g/mol.